The highest BCUT2D eigenvalue weighted by Crippen LogP contribution is 2.25. The number of anilines is 1. The summed E-state index contributed by atoms with van der Waals surface area (Å²) >= 11 is 0. The zero-order chi connectivity index (χ0) is 22.6. The Morgan fingerprint density at radius 2 is 1.38 bits per heavy atom. The molecule has 162 valence electrons. The van der Waals surface area contributed by atoms with Gasteiger partial charge in [0.2, 0.25) is 0 Å². The molecule has 3 aromatic rings. The SMILES string of the molecule is CC1(C)OC(=O)C(=CNc2ccc(-c3ccc(OCc4ccccc4)cc3)cc2)C(=O)O1. The van der Waals surface area contributed by atoms with Crippen LogP contribution in [0.25, 0.3) is 11.1 Å². The molecule has 6 heteroatoms. The number of hydrogen-bond acceptors (Lipinski definition) is 6. The summed E-state index contributed by atoms with van der Waals surface area (Å²) in [6.07, 6.45) is 1.30. The molecule has 0 aliphatic carbocycles. The maximum Gasteiger partial charge on any atom is 0.350 e. The minimum Gasteiger partial charge on any atom is -0.489 e. The van der Waals surface area contributed by atoms with Gasteiger partial charge in [-0.2, -0.15) is 0 Å². The van der Waals surface area contributed by atoms with Crippen LogP contribution < -0.4 is 10.1 Å². The molecule has 3 aromatic carbocycles. The van der Waals surface area contributed by atoms with E-state index in [1.807, 2.05) is 78.9 Å². The smallest absolute Gasteiger partial charge is 0.350 e. The second-order valence-corrected chi connectivity index (χ2v) is 7.76. The van der Waals surface area contributed by atoms with Crippen LogP contribution in [0.3, 0.4) is 0 Å². The molecule has 1 heterocycles. The van der Waals surface area contributed by atoms with Crippen LogP contribution in [0.5, 0.6) is 5.75 Å². The number of rotatable bonds is 6. The van der Waals surface area contributed by atoms with Crippen LogP contribution in [-0.4, -0.2) is 17.7 Å². The van der Waals surface area contributed by atoms with E-state index in [2.05, 4.69) is 5.32 Å². The van der Waals surface area contributed by atoms with E-state index >= 15 is 0 Å². The van der Waals surface area contributed by atoms with Crippen LogP contribution in [0.15, 0.2) is 90.6 Å². The van der Waals surface area contributed by atoms with Crippen molar-refractivity contribution in [1.29, 1.82) is 0 Å². The lowest BCUT2D eigenvalue weighted by Crippen LogP contribution is -2.42. The Morgan fingerprint density at radius 3 is 1.97 bits per heavy atom. The van der Waals surface area contributed by atoms with Crippen molar-refractivity contribution < 1.29 is 23.8 Å². The van der Waals surface area contributed by atoms with Gasteiger partial charge < -0.3 is 19.5 Å². The van der Waals surface area contributed by atoms with Gasteiger partial charge in [0, 0.05) is 25.7 Å². The summed E-state index contributed by atoms with van der Waals surface area (Å²) in [7, 11) is 0. The molecule has 32 heavy (non-hydrogen) atoms. The van der Waals surface area contributed by atoms with Gasteiger partial charge in [-0.1, -0.05) is 54.6 Å². The molecule has 6 nitrogen and oxygen atoms in total. The molecule has 1 saturated heterocycles. The van der Waals surface area contributed by atoms with Crippen molar-refractivity contribution in [2.75, 3.05) is 5.32 Å². The Hall–Kier alpha value is -4.06. The predicted molar refractivity (Wildman–Crippen MR) is 121 cm³/mol. The summed E-state index contributed by atoms with van der Waals surface area (Å²) in [5.74, 6) is -1.89. The minimum atomic E-state index is -1.25. The third kappa shape index (κ3) is 5.16. The Kier molecular flexibility index (Phi) is 5.94. The zero-order valence-electron chi connectivity index (χ0n) is 17.8. The average Bonchev–Trinajstić information content (AvgIpc) is 2.78. The lowest BCUT2D eigenvalue weighted by Gasteiger charge is -2.29. The second kappa shape index (κ2) is 8.98. The highest BCUT2D eigenvalue weighted by molar-refractivity contribution is 6.15. The van der Waals surface area contributed by atoms with Crippen LogP contribution in [0.2, 0.25) is 0 Å². The maximum absolute atomic E-state index is 12.0. The summed E-state index contributed by atoms with van der Waals surface area (Å²) in [4.78, 5) is 24.0. The summed E-state index contributed by atoms with van der Waals surface area (Å²) < 4.78 is 16.0. The van der Waals surface area contributed by atoms with Crippen LogP contribution in [0.4, 0.5) is 5.69 Å². The molecule has 4 rings (SSSR count). The molecule has 1 N–H and O–H groups in total. The van der Waals surface area contributed by atoms with Gasteiger partial charge in [-0.05, 0) is 41.0 Å². The summed E-state index contributed by atoms with van der Waals surface area (Å²) in [5.41, 5.74) is 3.72. The second-order valence-electron chi connectivity index (χ2n) is 7.76. The van der Waals surface area contributed by atoms with E-state index in [9.17, 15) is 9.59 Å². The number of nitrogens with one attached hydrogen (secondary N) is 1. The van der Waals surface area contributed by atoms with Gasteiger partial charge >= 0.3 is 11.9 Å². The number of carbonyl (C=O) groups excluding carboxylic acids is 2. The van der Waals surface area contributed by atoms with Gasteiger partial charge in [-0.25, -0.2) is 9.59 Å². The Bertz CT molecular complexity index is 1110. The third-order valence-electron chi connectivity index (χ3n) is 4.82. The highest BCUT2D eigenvalue weighted by Gasteiger charge is 2.38. The molecule has 0 atom stereocenters. The number of ether oxygens (including phenoxy) is 3. The van der Waals surface area contributed by atoms with E-state index in [-0.39, 0.29) is 5.57 Å². The third-order valence-corrected chi connectivity index (χ3v) is 4.82. The molecule has 1 aliphatic heterocycles. The van der Waals surface area contributed by atoms with Crippen molar-refractivity contribution in [3.05, 3.63) is 96.2 Å². The molecule has 0 bridgehead atoms. The fraction of sp³-hybridized carbons (Fsp3) is 0.154. The van der Waals surface area contributed by atoms with Gasteiger partial charge in [0.25, 0.3) is 5.79 Å². The summed E-state index contributed by atoms with van der Waals surface area (Å²) in [6, 6.07) is 25.5. The number of cyclic esters (lactones) is 2. The Labute approximate surface area is 186 Å². The maximum atomic E-state index is 12.0. The van der Waals surface area contributed by atoms with Gasteiger partial charge in [0.1, 0.15) is 12.4 Å². The highest BCUT2D eigenvalue weighted by atomic mass is 16.7. The lowest BCUT2D eigenvalue weighted by molar-refractivity contribution is -0.222. The first-order valence-corrected chi connectivity index (χ1v) is 10.2. The molecular formula is C26H23NO5. The van der Waals surface area contributed by atoms with Crippen molar-refractivity contribution in [2.24, 2.45) is 0 Å². The molecule has 0 amide bonds. The van der Waals surface area contributed by atoms with Crippen LogP contribution in [-0.2, 0) is 25.7 Å². The molecule has 0 radical (unpaired) electrons. The van der Waals surface area contributed by atoms with E-state index in [4.69, 9.17) is 14.2 Å². The summed E-state index contributed by atoms with van der Waals surface area (Å²) in [5, 5.41) is 2.94. The number of benzene rings is 3. The van der Waals surface area contributed by atoms with Crippen LogP contribution in [0, 0.1) is 0 Å². The van der Waals surface area contributed by atoms with Crippen LogP contribution in [0.1, 0.15) is 19.4 Å². The molecule has 0 saturated carbocycles. The van der Waals surface area contributed by atoms with Gasteiger partial charge in [-0.15, -0.1) is 0 Å². The quantitative estimate of drug-likeness (QED) is 0.335. The standard InChI is InChI=1S/C26H23NO5/c1-26(2)31-24(28)23(25(29)32-26)16-27-21-12-8-19(9-13-21)20-10-14-22(15-11-20)30-17-18-6-4-3-5-7-18/h3-16,27H,17H2,1-2H3. The van der Waals surface area contributed by atoms with Crippen molar-refractivity contribution in [3.8, 4) is 16.9 Å². The van der Waals surface area contributed by atoms with Crippen molar-refractivity contribution >= 4 is 17.6 Å². The van der Waals surface area contributed by atoms with Crippen molar-refractivity contribution in [3.63, 3.8) is 0 Å². The van der Waals surface area contributed by atoms with Crippen molar-refractivity contribution in [2.45, 2.75) is 26.2 Å². The van der Waals surface area contributed by atoms with Crippen LogP contribution >= 0.6 is 0 Å². The van der Waals surface area contributed by atoms with Gasteiger partial charge in [0.05, 0.1) is 0 Å². The van der Waals surface area contributed by atoms with E-state index in [1.165, 1.54) is 20.0 Å². The van der Waals surface area contributed by atoms with E-state index in [0.29, 0.717) is 6.61 Å². The van der Waals surface area contributed by atoms with E-state index < -0.39 is 17.7 Å². The zero-order valence-corrected chi connectivity index (χ0v) is 17.8. The number of carbonyl (C=O) groups is 2. The first-order valence-electron chi connectivity index (χ1n) is 10.2. The Morgan fingerprint density at radius 1 is 0.812 bits per heavy atom. The average molecular weight is 429 g/mol. The van der Waals surface area contributed by atoms with Gasteiger partial charge in [-0.3, -0.25) is 0 Å². The Balaban J connectivity index is 1.37. The minimum absolute atomic E-state index is 0.181. The molecule has 1 aliphatic rings. The van der Waals surface area contributed by atoms with E-state index in [1.54, 1.807) is 0 Å². The fourth-order valence-electron chi connectivity index (χ4n) is 3.18. The molecular weight excluding hydrogens is 406 g/mol. The monoisotopic (exact) mass is 429 g/mol. The normalized spacial score (nSPS) is 14.9. The first-order chi connectivity index (χ1) is 15.4. The summed E-state index contributed by atoms with van der Waals surface area (Å²) in [6.45, 7) is 3.54. The van der Waals surface area contributed by atoms with E-state index in [0.717, 1.165) is 28.1 Å². The topological polar surface area (TPSA) is 73.9 Å². The molecule has 0 spiro atoms. The van der Waals surface area contributed by atoms with Gasteiger partial charge in [0.15, 0.2) is 5.57 Å². The first kappa shape index (κ1) is 21.2. The van der Waals surface area contributed by atoms with Crippen molar-refractivity contribution in [1.82, 2.24) is 0 Å². The number of esters is 2. The molecule has 0 unspecified atom stereocenters. The largest absolute Gasteiger partial charge is 0.489 e. The number of hydrogen-bond donors (Lipinski definition) is 1. The predicted octanol–water partition coefficient (Wildman–Crippen LogP) is 5.06. The lowest BCUT2D eigenvalue weighted by atomic mass is 10.1. The molecule has 1 fully saturated rings. The fourth-order valence-corrected chi connectivity index (χ4v) is 3.18. The molecule has 0 aromatic heterocycles.